The van der Waals surface area contributed by atoms with Gasteiger partial charge in [0.05, 0.1) is 23.0 Å². The van der Waals surface area contributed by atoms with Gasteiger partial charge >= 0.3 is 11.8 Å². The third-order valence-electron chi connectivity index (χ3n) is 2.94. The fourth-order valence-electron chi connectivity index (χ4n) is 2.07. The van der Waals surface area contributed by atoms with Crippen LogP contribution in [0.4, 0.5) is 4.79 Å². The second-order valence-electron chi connectivity index (χ2n) is 4.11. The van der Waals surface area contributed by atoms with Gasteiger partial charge in [0, 0.05) is 12.6 Å². The Kier molecular flexibility index (Phi) is 4.08. The van der Waals surface area contributed by atoms with Gasteiger partial charge in [-0.25, -0.2) is 9.59 Å². The molecular formula is C13H13BrN2O4. The van der Waals surface area contributed by atoms with Gasteiger partial charge in [-0.05, 0) is 19.1 Å². The molecule has 2 aromatic rings. The molecule has 0 bridgehead atoms. The number of carbonyl (C=O) groups is 2. The summed E-state index contributed by atoms with van der Waals surface area (Å²) >= 11 is 3.11. The lowest BCUT2D eigenvalue weighted by atomic mass is 10.1. The van der Waals surface area contributed by atoms with Crippen LogP contribution in [0.15, 0.2) is 23.0 Å². The number of halogens is 1. The van der Waals surface area contributed by atoms with Crippen LogP contribution < -0.4 is 5.69 Å². The van der Waals surface area contributed by atoms with Gasteiger partial charge in [-0.3, -0.25) is 9.36 Å². The van der Waals surface area contributed by atoms with E-state index < -0.39 is 11.8 Å². The maximum Gasteiger partial charge on any atom is 0.422 e. The molecule has 1 aromatic heterocycles. The molecule has 7 heteroatoms. The summed E-state index contributed by atoms with van der Waals surface area (Å²) in [6.07, 6.45) is -0.744. The van der Waals surface area contributed by atoms with Crippen LogP contribution in [0, 0.1) is 0 Å². The second kappa shape index (κ2) is 5.62. The number of benzene rings is 1. The summed E-state index contributed by atoms with van der Waals surface area (Å²) in [7, 11) is 1.52. The van der Waals surface area contributed by atoms with Gasteiger partial charge in [-0.15, -0.1) is 0 Å². The van der Waals surface area contributed by atoms with Crippen molar-refractivity contribution in [3.8, 4) is 0 Å². The summed E-state index contributed by atoms with van der Waals surface area (Å²) in [6, 6.07) is 4.87. The van der Waals surface area contributed by atoms with Crippen molar-refractivity contribution in [2.45, 2.75) is 6.92 Å². The van der Waals surface area contributed by atoms with Crippen LogP contribution in [0.1, 0.15) is 17.3 Å². The van der Waals surface area contributed by atoms with E-state index in [1.807, 2.05) is 0 Å². The van der Waals surface area contributed by atoms with Gasteiger partial charge in [0.25, 0.3) is 0 Å². The summed E-state index contributed by atoms with van der Waals surface area (Å²) < 4.78 is 7.09. The molecule has 0 aliphatic heterocycles. The number of nitrogens with zero attached hydrogens (tertiary/aromatic N) is 2. The fourth-order valence-corrected chi connectivity index (χ4v) is 2.38. The lowest BCUT2D eigenvalue weighted by Crippen LogP contribution is -2.28. The van der Waals surface area contributed by atoms with Crippen LogP contribution >= 0.6 is 15.9 Å². The van der Waals surface area contributed by atoms with Crippen molar-refractivity contribution in [1.29, 1.82) is 0 Å². The van der Waals surface area contributed by atoms with Crippen molar-refractivity contribution in [3.63, 3.8) is 0 Å². The monoisotopic (exact) mass is 340 g/mol. The average molecular weight is 341 g/mol. The van der Waals surface area contributed by atoms with Crippen molar-refractivity contribution in [2.24, 2.45) is 7.05 Å². The maximum atomic E-state index is 12.2. The number of carbonyl (C=O) groups excluding carboxylic acids is 2. The van der Waals surface area contributed by atoms with E-state index >= 15 is 0 Å². The zero-order chi connectivity index (χ0) is 14.9. The first kappa shape index (κ1) is 14.5. The number of aryl methyl sites for hydroxylation is 1. The number of ether oxygens (including phenoxy) is 1. The molecule has 0 atom stereocenters. The van der Waals surface area contributed by atoms with E-state index in [2.05, 4.69) is 15.9 Å². The lowest BCUT2D eigenvalue weighted by molar-refractivity contribution is 0.102. The molecule has 2 rings (SSSR count). The second-order valence-corrected chi connectivity index (χ2v) is 4.67. The Morgan fingerprint density at radius 1 is 1.35 bits per heavy atom. The molecule has 0 saturated carbocycles. The third kappa shape index (κ3) is 2.18. The molecule has 0 radical (unpaired) electrons. The Balaban J connectivity index is 2.81. The zero-order valence-electron chi connectivity index (χ0n) is 11.1. The number of rotatable bonds is 3. The Bertz CT molecular complexity index is 745. The molecule has 1 heterocycles. The SMILES string of the molecule is CCOC(=O)n1c(=O)n(C)c2c(C(=O)CBr)cccc21. The number of fused-ring (bicyclic) bond motifs is 1. The number of aromatic nitrogens is 2. The minimum Gasteiger partial charge on any atom is -0.449 e. The topological polar surface area (TPSA) is 70.3 Å². The van der Waals surface area contributed by atoms with Gasteiger partial charge in [0.2, 0.25) is 0 Å². The molecule has 0 amide bonds. The number of hydrogen-bond acceptors (Lipinski definition) is 4. The largest absolute Gasteiger partial charge is 0.449 e. The summed E-state index contributed by atoms with van der Waals surface area (Å²) in [5.41, 5.74) is 0.646. The first-order chi connectivity index (χ1) is 9.52. The molecule has 0 N–H and O–H groups in total. The first-order valence-corrected chi connectivity index (χ1v) is 7.11. The summed E-state index contributed by atoms with van der Waals surface area (Å²) in [5.74, 6) is -0.160. The van der Waals surface area contributed by atoms with Crippen LogP contribution in [-0.4, -0.2) is 32.9 Å². The molecule has 0 fully saturated rings. The molecule has 1 aromatic carbocycles. The van der Waals surface area contributed by atoms with E-state index in [4.69, 9.17) is 4.74 Å². The molecule has 0 aliphatic rings. The van der Waals surface area contributed by atoms with Gasteiger partial charge in [0.1, 0.15) is 0 Å². The zero-order valence-corrected chi connectivity index (χ0v) is 12.6. The van der Waals surface area contributed by atoms with Crippen LogP contribution in [0.5, 0.6) is 0 Å². The quantitative estimate of drug-likeness (QED) is 0.632. The number of ketones is 1. The highest BCUT2D eigenvalue weighted by Gasteiger charge is 2.21. The van der Waals surface area contributed by atoms with Crippen molar-refractivity contribution < 1.29 is 14.3 Å². The molecule has 106 valence electrons. The molecule has 20 heavy (non-hydrogen) atoms. The molecule has 0 unspecified atom stereocenters. The third-order valence-corrected chi connectivity index (χ3v) is 3.45. The van der Waals surface area contributed by atoms with E-state index in [0.29, 0.717) is 16.6 Å². The number of para-hydroxylation sites is 1. The maximum absolute atomic E-state index is 12.2. The highest BCUT2D eigenvalue weighted by atomic mass is 79.9. The van der Waals surface area contributed by atoms with Gasteiger partial charge < -0.3 is 4.74 Å². The van der Waals surface area contributed by atoms with Gasteiger partial charge in [0.15, 0.2) is 5.78 Å². The Hall–Kier alpha value is -1.89. The van der Waals surface area contributed by atoms with Crippen LogP contribution in [-0.2, 0) is 11.8 Å². The lowest BCUT2D eigenvalue weighted by Gasteiger charge is -2.03. The standard InChI is InChI=1S/C13H13BrN2O4/c1-3-20-13(19)16-9-6-4-5-8(10(17)7-14)11(9)15(2)12(16)18/h4-6H,3,7H2,1-2H3. The Morgan fingerprint density at radius 3 is 2.65 bits per heavy atom. The molecule has 0 spiro atoms. The van der Waals surface area contributed by atoms with E-state index in [0.717, 1.165) is 4.57 Å². The van der Waals surface area contributed by atoms with Crippen molar-refractivity contribution >= 4 is 38.8 Å². The molecule has 0 aliphatic carbocycles. The number of alkyl halides is 1. The fraction of sp³-hybridized carbons (Fsp3) is 0.308. The van der Waals surface area contributed by atoms with Crippen LogP contribution in [0.25, 0.3) is 11.0 Å². The molecule has 6 nitrogen and oxygen atoms in total. The van der Waals surface area contributed by atoms with Crippen molar-refractivity contribution in [1.82, 2.24) is 9.13 Å². The number of imidazole rings is 1. The number of hydrogen-bond donors (Lipinski definition) is 0. The van der Waals surface area contributed by atoms with Crippen LogP contribution in [0.3, 0.4) is 0 Å². The van der Waals surface area contributed by atoms with E-state index in [-0.39, 0.29) is 17.7 Å². The van der Waals surface area contributed by atoms with E-state index in [1.165, 1.54) is 11.6 Å². The van der Waals surface area contributed by atoms with Gasteiger partial charge in [-0.2, -0.15) is 4.57 Å². The molecular weight excluding hydrogens is 328 g/mol. The van der Waals surface area contributed by atoms with E-state index in [1.54, 1.807) is 25.1 Å². The summed E-state index contributed by atoms with van der Waals surface area (Å²) in [4.78, 5) is 36.0. The number of Topliss-reactive ketones (excluding diaryl/α,β-unsaturated/α-hetero) is 1. The first-order valence-electron chi connectivity index (χ1n) is 5.99. The Morgan fingerprint density at radius 2 is 2.05 bits per heavy atom. The normalized spacial score (nSPS) is 10.8. The smallest absolute Gasteiger partial charge is 0.422 e. The minimum atomic E-state index is -0.744. The predicted octanol–water partition coefficient (Wildman–Crippen LogP) is 1.92. The van der Waals surface area contributed by atoms with Crippen molar-refractivity contribution in [3.05, 3.63) is 34.2 Å². The predicted molar refractivity (Wildman–Crippen MR) is 77.7 cm³/mol. The minimum absolute atomic E-state index is 0.144. The average Bonchev–Trinajstić information content (AvgIpc) is 2.70. The van der Waals surface area contributed by atoms with Crippen molar-refractivity contribution in [2.75, 3.05) is 11.9 Å². The van der Waals surface area contributed by atoms with E-state index in [9.17, 15) is 14.4 Å². The highest BCUT2D eigenvalue weighted by molar-refractivity contribution is 9.09. The highest BCUT2D eigenvalue weighted by Crippen LogP contribution is 2.19. The Labute approximate surface area is 123 Å². The summed E-state index contributed by atoms with van der Waals surface area (Å²) in [5, 5.41) is 0.144. The summed E-state index contributed by atoms with van der Waals surface area (Å²) in [6.45, 7) is 1.83. The van der Waals surface area contributed by atoms with Crippen LogP contribution in [0.2, 0.25) is 0 Å². The molecule has 0 saturated heterocycles. The van der Waals surface area contributed by atoms with Gasteiger partial charge in [-0.1, -0.05) is 22.0 Å².